The van der Waals surface area contributed by atoms with Crippen molar-refractivity contribution in [1.29, 1.82) is 0 Å². The summed E-state index contributed by atoms with van der Waals surface area (Å²) in [4.78, 5) is 25.9. The number of fused-ring (bicyclic) bond motifs is 1. The highest BCUT2D eigenvalue weighted by Crippen LogP contribution is 2.17. The van der Waals surface area contributed by atoms with Crippen LogP contribution < -0.4 is 10.3 Å². The molecule has 0 aliphatic rings. The Morgan fingerprint density at radius 3 is 2.72 bits per heavy atom. The van der Waals surface area contributed by atoms with Crippen LogP contribution in [0.1, 0.15) is 10.5 Å². The summed E-state index contributed by atoms with van der Waals surface area (Å²) < 4.78 is 5.59. The minimum Gasteiger partial charge on any atom is -0.492 e. The number of nitrogens with zero attached hydrogens (tertiary/aromatic N) is 2. The minimum absolute atomic E-state index is 0.209. The molecule has 1 aromatic heterocycles. The molecule has 0 saturated carbocycles. The van der Waals surface area contributed by atoms with Crippen LogP contribution >= 0.6 is 11.6 Å². The van der Waals surface area contributed by atoms with E-state index in [1.54, 1.807) is 55.6 Å². The molecular formula is C18H16ClN3O3. The number of aromatic amines is 1. The van der Waals surface area contributed by atoms with E-state index in [1.807, 2.05) is 0 Å². The molecule has 0 bridgehead atoms. The van der Waals surface area contributed by atoms with E-state index >= 15 is 0 Å². The normalized spacial score (nSPS) is 10.6. The number of aromatic nitrogens is 2. The van der Waals surface area contributed by atoms with Gasteiger partial charge in [0.2, 0.25) is 0 Å². The average molecular weight is 358 g/mol. The lowest BCUT2D eigenvalue weighted by Gasteiger charge is -2.17. The average Bonchev–Trinajstić information content (AvgIpc) is 2.62. The third-order valence-electron chi connectivity index (χ3n) is 3.74. The number of carbonyl (C=O) groups is 1. The Morgan fingerprint density at radius 2 is 1.96 bits per heavy atom. The van der Waals surface area contributed by atoms with Crippen LogP contribution in [0.3, 0.4) is 0 Å². The van der Waals surface area contributed by atoms with Gasteiger partial charge in [0.15, 0.2) is 5.69 Å². The van der Waals surface area contributed by atoms with Gasteiger partial charge in [-0.1, -0.05) is 35.9 Å². The molecule has 0 saturated heterocycles. The molecule has 0 spiro atoms. The van der Waals surface area contributed by atoms with Gasteiger partial charge in [-0.05, 0) is 24.3 Å². The highest BCUT2D eigenvalue weighted by atomic mass is 35.5. The van der Waals surface area contributed by atoms with E-state index in [2.05, 4.69) is 10.2 Å². The number of benzene rings is 2. The van der Waals surface area contributed by atoms with Crippen molar-refractivity contribution in [1.82, 2.24) is 15.1 Å². The van der Waals surface area contributed by atoms with Crippen molar-refractivity contribution in [2.45, 2.75) is 0 Å². The first-order chi connectivity index (χ1) is 12.1. The third kappa shape index (κ3) is 3.80. The number of likely N-dealkylation sites (N-methyl/N-ethyl adjacent to an activating group) is 1. The van der Waals surface area contributed by atoms with Gasteiger partial charge in [0.1, 0.15) is 12.4 Å². The Bertz CT molecular complexity index is 971. The molecule has 128 valence electrons. The predicted molar refractivity (Wildman–Crippen MR) is 96.3 cm³/mol. The maximum absolute atomic E-state index is 12.6. The van der Waals surface area contributed by atoms with Gasteiger partial charge in [-0.25, -0.2) is 5.10 Å². The standard InChI is InChI=1S/C18H16ClN3O3/c1-22(9-10-25-13-6-4-5-12(19)11-13)18(24)16-14-7-2-3-8-15(14)17(23)21-20-16/h2-8,11H,9-10H2,1H3,(H,21,23). The molecule has 1 heterocycles. The van der Waals surface area contributed by atoms with Gasteiger partial charge in [0.05, 0.1) is 11.9 Å². The molecule has 3 rings (SSSR count). The van der Waals surface area contributed by atoms with Crippen LogP contribution in [-0.2, 0) is 0 Å². The molecule has 7 heteroatoms. The lowest BCUT2D eigenvalue weighted by Crippen LogP contribution is -2.32. The lowest BCUT2D eigenvalue weighted by molar-refractivity contribution is 0.0769. The summed E-state index contributed by atoms with van der Waals surface area (Å²) in [5.41, 5.74) is -0.112. The monoisotopic (exact) mass is 357 g/mol. The molecular weight excluding hydrogens is 342 g/mol. The van der Waals surface area contributed by atoms with Gasteiger partial charge in [0, 0.05) is 17.5 Å². The predicted octanol–water partition coefficient (Wildman–Crippen LogP) is 2.73. The van der Waals surface area contributed by atoms with Crippen molar-refractivity contribution in [2.75, 3.05) is 20.2 Å². The Kier molecular flexibility index (Phi) is 5.00. The van der Waals surface area contributed by atoms with E-state index in [9.17, 15) is 9.59 Å². The quantitative estimate of drug-likeness (QED) is 0.761. The zero-order valence-electron chi connectivity index (χ0n) is 13.5. The van der Waals surface area contributed by atoms with Gasteiger partial charge >= 0.3 is 0 Å². The van der Waals surface area contributed by atoms with E-state index in [-0.39, 0.29) is 17.2 Å². The van der Waals surface area contributed by atoms with Crippen LogP contribution in [0.2, 0.25) is 5.02 Å². The molecule has 0 aliphatic carbocycles. The molecule has 1 amide bonds. The molecule has 1 N–H and O–H groups in total. The largest absolute Gasteiger partial charge is 0.492 e. The minimum atomic E-state index is -0.320. The number of halogens is 1. The van der Waals surface area contributed by atoms with Crippen molar-refractivity contribution in [2.24, 2.45) is 0 Å². The zero-order valence-corrected chi connectivity index (χ0v) is 14.3. The molecule has 0 atom stereocenters. The number of hydrogen-bond donors (Lipinski definition) is 1. The SMILES string of the molecule is CN(CCOc1cccc(Cl)c1)C(=O)c1n[nH]c(=O)c2ccccc12. The second kappa shape index (κ2) is 7.36. The van der Waals surface area contributed by atoms with E-state index in [0.717, 1.165) is 0 Å². The number of nitrogens with one attached hydrogen (secondary N) is 1. The Morgan fingerprint density at radius 1 is 1.20 bits per heavy atom. The van der Waals surface area contributed by atoms with Crippen LogP contribution in [-0.4, -0.2) is 41.2 Å². The van der Waals surface area contributed by atoms with Crippen LogP contribution in [0.25, 0.3) is 10.8 Å². The smallest absolute Gasteiger partial charge is 0.274 e. The summed E-state index contributed by atoms with van der Waals surface area (Å²) >= 11 is 5.90. The Hall–Kier alpha value is -2.86. The van der Waals surface area contributed by atoms with E-state index in [1.165, 1.54) is 4.90 Å². The molecule has 6 nitrogen and oxygen atoms in total. The second-order valence-electron chi connectivity index (χ2n) is 5.48. The molecule has 25 heavy (non-hydrogen) atoms. The summed E-state index contributed by atoms with van der Waals surface area (Å²) in [6, 6.07) is 13.9. The Balaban J connectivity index is 1.71. The second-order valence-corrected chi connectivity index (χ2v) is 5.92. The lowest BCUT2D eigenvalue weighted by atomic mass is 10.1. The van der Waals surface area contributed by atoms with Gasteiger partial charge < -0.3 is 9.64 Å². The first-order valence-corrected chi connectivity index (χ1v) is 8.05. The van der Waals surface area contributed by atoms with Crippen molar-refractivity contribution in [3.63, 3.8) is 0 Å². The molecule has 3 aromatic rings. The fraction of sp³-hybridized carbons (Fsp3) is 0.167. The summed E-state index contributed by atoms with van der Waals surface area (Å²) in [6.45, 7) is 0.671. The molecule has 0 aliphatic heterocycles. The molecule has 2 aromatic carbocycles. The van der Waals surface area contributed by atoms with E-state index in [0.29, 0.717) is 34.7 Å². The fourth-order valence-corrected chi connectivity index (χ4v) is 2.60. The Labute approximate surface area is 149 Å². The van der Waals surface area contributed by atoms with Gasteiger partial charge in [-0.3, -0.25) is 9.59 Å². The van der Waals surface area contributed by atoms with Gasteiger partial charge in [-0.2, -0.15) is 5.10 Å². The summed E-state index contributed by atoms with van der Waals surface area (Å²) in [5.74, 6) is 0.350. The maximum Gasteiger partial charge on any atom is 0.274 e. The maximum atomic E-state index is 12.6. The molecule has 0 unspecified atom stereocenters. The van der Waals surface area contributed by atoms with Gasteiger partial charge in [-0.15, -0.1) is 0 Å². The van der Waals surface area contributed by atoms with Crippen molar-refractivity contribution >= 4 is 28.3 Å². The van der Waals surface area contributed by atoms with E-state index in [4.69, 9.17) is 16.3 Å². The topological polar surface area (TPSA) is 75.3 Å². The van der Waals surface area contributed by atoms with Gasteiger partial charge in [0.25, 0.3) is 11.5 Å². The first kappa shape index (κ1) is 17.0. The highest BCUT2D eigenvalue weighted by Gasteiger charge is 2.17. The van der Waals surface area contributed by atoms with Crippen LogP contribution in [0.15, 0.2) is 53.3 Å². The zero-order chi connectivity index (χ0) is 17.8. The third-order valence-corrected chi connectivity index (χ3v) is 3.97. The van der Waals surface area contributed by atoms with Crippen molar-refractivity contribution in [3.8, 4) is 5.75 Å². The van der Waals surface area contributed by atoms with Crippen LogP contribution in [0.5, 0.6) is 5.75 Å². The first-order valence-electron chi connectivity index (χ1n) is 7.67. The number of ether oxygens (including phenoxy) is 1. The number of hydrogen-bond acceptors (Lipinski definition) is 4. The number of amides is 1. The fourth-order valence-electron chi connectivity index (χ4n) is 2.42. The van der Waals surface area contributed by atoms with Crippen LogP contribution in [0.4, 0.5) is 0 Å². The molecule has 0 fully saturated rings. The van der Waals surface area contributed by atoms with Crippen molar-refractivity contribution < 1.29 is 9.53 Å². The molecule has 0 radical (unpaired) electrons. The summed E-state index contributed by atoms with van der Waals surface area (Å²) in [7, 11) is 1.66. The van der Waals surface area contributed by atoms with Crippen molar-refractivity contribution in [3.05, 3.63) is 69.6 Å². The summed E-state index contributed by atoms with van der Waals surface area (Å²) in [5, 5.41) is 7.84. The number of carbonyl (C=O) groups excluding carboxylic acids is 1. The van der Waals surface area contributed by atoms with Crippen LogP contribution in [0, 0.1) is 0 Å². The van der Waals surface area contributed by atoms with E-state index < -0.39 is 0 Å². The summed E-state index contributed by atoms with van der Waals surface area (Å²) in [6.07, 6.45) is 0. The highest BCUT2D eigenvalue weighted by molar-refractivity contribution is 6.30. The number of H-pyrrole nitrogens is 1. The number of rotatable bonds is 5.